The maximum Gasteiger partial charge on any atom is 0.250 e. The lowest BCUT2D eigenvalue weighted by molar-refractivity contribution is -0.131. The van der Waals surface area contributed by atoms with Crippen LogP contribution in [0.25, 0.3) is 0 Å². The first-order valence-corrected chi connectivity index (χ1v) is 7.82. The second kappa shape index (κ2) is 7.31. The molecule has 1 aliphatic heterocycles. The lowest BCUT2D eigenvalue weighted by Gasteiger charge is -2.25. The average molecular weight is 315 g/mol. The number of allylic oxidation sites excluding steroid dienone is 1. The molecule has 0 aliphatic carbocycles. The molecule has 2 rings (SSSR count). The van der Waals surface area contributed by atoms with Crippen molar-refractivity contribution >= 4 is 12.1 Å². The van der Waals surface area contributed by atoms with Crippen molar-refractivity contribution in [3.05, 3.63) is 42.0 Å². The second-order valence-electron chi connectivity index (χ2n) is 6.62. The average Bonchev–Trinajstić information content (AvgIpc) is 2.54. The van der Waals surface area contributed by atoms with Gasteiger partial charge in [0.1, 0.15) is 18.4 Å². The number of hydrogen-bond donors (Lipinski definition) is 1. The SMILES string of the molecule is CN(CCOc1ccccc1C(C)(C)C)C(=O)C1C=CC=NN1. The number of nitrogens with zero attached hydrogens (tertiary/aromatic N) is 2. The second-order valence-corrected chi connectivity index (χ2v) is 6.62. The van der Waals surface area contributed by atoms with Crippen molar-refractivity contribution in [2.24, 2.45) is 5.10 Å². The Morgan fingerprint density at radius 2 is 2.09 bits per heavy atom. The summed E-state index contributed by atoms with van der Waals surface area (Å²) in [6.07, 6.45) is 5.18. The highest BCUT2D eigenvalue weighted by molar-refractivity contribution is 5.86. The number of carbonyl (C=O) groups is 1. The van der Waals surface area contributed by atoms with Crippen LogP contribution in [-0.2, 0) is 10.2 Å². The lowest BCUT2D eigenvalue weighted by Crippen LogP contribution is -2.44. The molecule has 0 spiro atoms. The molecule has 1 N–H and O–H groups in total. The van der Waals surface area contributed by atoms with Gasteiger partial charge in [-0.25, -0.2) is 0 Å². The molecule has 5 heteroatoms. The fourth-order valence-electron chi connectivity index (χ4n) is 2.36. The molecule has 0 radical (unpaired) electrons. The molecule has 1 aliphatic rings. The van der Waals surface area contributed by atoms with E-state index in [4.69, 9.17) is 4.74 Å². The molecule has 5 nitrogen and oxygen atoms in total. The molecule has 1 amide bonds. The number of benzene rings is 1. The van der Waals surface area contributed by atoms with Crippen molar-refractivity contribution < 1.29 is 9.53 Å². The minimum absolute atomic E-state index is 0.0210. The van der Waals surface area contributed by atoms with E-state index in [1.54, 1.807) is 30.3 Å². The molecular weight excluding hydrogens is 290 g/mol. The van der Waals surface area contributed by atoms with E-state index in [0.29, 0.717) is 13.2 Å². The number of ether oxygens (including phenoxy) is 1. The first-order chi connectivity index (χ1) is 10.9. The molecular formula is C18H25N3O2. The van der Waals surface area contributed by atoms with Gasteiger partial charge in [-0.1, -0.05) is 39.0 Å². The zero-order valence-corrected chi connectivity index (χ0v) is 14.2. The van der Waals surface area contributed by atoms with E-state index in [2.05, 4.69) is 37.4 Å². The first-order valence-electron chi connectivity index (χ1n) is 7.82. The fourth-order valence-corrected chi connectivity index (χ4v) is 2.36. The zero-order chi connectivity index (χ0) is 16.9. The smallest absolute Gasteiger partial charge is 0.250 e. The molecule has 1 unspecified atom stereocenters. The van der Waals surface area contributed by atoms with Crippen molar-refractivity contribution in [1.29, 1.82) is 0 Å². The standard InChI is InChI=1S/C18H25N3O2/c1-18(2,3)14-8-5-6-10-16(14)23-13-12-21(4)17(22)15-9-7-11-19-20-15/h5-11,15,20H,12-13H2,1-4H3. The van der Waals surface area contributed by atoms with E-state index < -0.39 is 6.04 Å². The third-order valence-electron chi connectivity index (χ3n) is 3.70. The van der Waals surface area contributed by atoms with Gasteiger partial charge in [-0.05, 0) is 29.2 Å². The van der Waals surface area contributed by atoms with Crippen LogP contribution in [0.2, 0.25) is 0 Å². The van der Waals surface area contributed by atoms with E-state index in [-0.39, 0.29) is 11.3 Å². The fraction of sp³-hybridized carbons (Fsp3) is 0.444. The van der Waals surface area contributed by atoms with Gasteiger partial charge in [-0.15, -0.1) is 0 Å². The van der Waals surface area contributed by atoms with Gasteiger partial charge in [0.2, 0.25) is 0 Å². The maximum absolute atomic E-state index is 12.2. The largest absolute Gasteiger partial charge is 0.491 e. The van der Waals surface area contributed by atoms with Gasteiger partial charge >= 0.3 is 0 Å². The summed E-state index contributed by atoms with van der Waals surface area (Å²) in [7, 11) is 1.77. The van der Waals surface area contributed by atoms with E-state index in [1.165, 1.54) is 5.56 Å². The van der Waals surface area contributed by atoms with Crippen LogP contribution in [0.3, 0.4) is 0 Å². The molecule has 1 aromatic rings. The molecule has 1 atom stereocenters. The quantitative estimate of drug-likeness (QED) is 0.907. The monoisotopic (exact) mass is 315 g/mol. The van der Waals surface area contributed by atoms with Gasteiger partial charge in [0, 0.05) is 13.3 Å². The van der Waals surface area contributed by atoms with E-state index in [1.807, 2.05) is 18.2 Å². The molecule has 0 bridgehead atoms. The van der Waals surface area contributed by atoms with E-state index in [0.717, 1.165) is 5.75 Å². The molecule has 0 saturated carbocycles. The molecule has 0 aromatic heterocycles. The van der Waals surface area contributed by atoms with Crippen LogP contribution in [0.1, 0.15) is 26.3 Å². The van der Waals surface area contributed by atoms with Crippen LogP contribution in [0.4, 0.5) is 0 Å². The predicted octanol–water partition coefficient (Wildman–Crippen LogP) is 2.34. The van der Waals surface area contributed by atoms with Gasteiger partial charge in [0.15, 0.2) is 0 Å². The lowest BCUT2D eigenvalue weighted by atomic mass is 9.86. The van der Waals surface area contributed by atoms with E-state index >= 15 is 0 Å². The predicted molar refractivity (Wildman–Crippen MR) is 92.8 cm³/mol. The highest BCUT2D eigenvalue weighted by Gasteiger charge is 2.21. The summed E-state index contributed by atoms with van der Waals surface area (Å²) in [5, 5.41) is 3.89. The summed E-state index contributed by atoms with van der Waals surface area (Å²) in [6.45, 7) is 7.45. The molecule has 1 aromatic carbocycles. The van der Waals surface area contributed by atoms with Crippen molar-refractivity contribution in [1.82, 2.24) is 10.3 Å². The first kappa shape index (κ1) is 17.1. The molecule has 1 heterocycles. The summed E-state index contributed by atoms with van der Waals surface area (Å²) < 4.78 is 5.91. The Morgan fingerprint density at radius 1 is 1.35 bits per heavy atom. The number of likely N-dealkylation sites (N-methyl/N-ethyl adjacent to an activating group) is 1. The Hall–Kier alpha value is -2.30. The van der Waals surface area contributed by atoms with Crippen LogP contribution >= 0.6 is 0 Å². The number of carbonyl (C=O) groups excluding carboxylic acids is 1. The maximum atomic E-state index is 12.2. The summed E-state index contributed by atoms with van der Waals surface area (Å²) in [5.74, 6) is 0.854. The van der Waals surface area contributed by atoms with Crippen molar-refractivity contribution in [3.8, 4) is 5.75 Å². The van der Waals surface area contributed by atoms with Crippen LogP contribution in [-0.4, -0.2) is 43.3 Å². The minimum atomic E-state index is -0.396. The zero-order valence-electron chi connectivity index (χ0n) is 14.2. The Morgan fingerprint density at radius 3 is 2.74 bits per heavy atom. The van der Waals surface area contributed by atoms with Gasteiger partial charge in [-0.2, -0.15) is 5.10 Å². The van der Waals surface area contributed by atoms with Gasteiger partial charge in [0.05, 0.1) is 6.54 Å². The number of hydrazone groups is 1. The van der Waals surface area contributed by atoms with Crippen molar-refractivity contribution in [3.63, 3.8) is 0 Å². The number of hydrogen-bond acceptors (Lipinski definition) is 4. The van der Waals surface area contributed by atoms with Crippen LogP contribution in [0.5, 0.6) is 5.75 Å². The Bertz CT molecular complexity index is 603. The molecule has 0 fully saturated rings. The molecule has 23 heavy (non-hydrogen) atoms. The molecule has 124 valence electrons. The molecule has 0 saturated heterocycles. The van der Waals surface area contributed by atoms with Gasteiger partial charge in [0.25, 0.3) is 5.91 Å². The summed E-state index contributed by atoms with van der Waals surface area (Å²) in [4.78, 5) is 13.9. The summed E-state index contributed by atoms with van der Waals surface area (Å²) in [6, 6.07) is 7.65. The Kier molecular flexibility index (Phi) is 5.42. The number of rotatable bonds is 5. The highest BCUT2D eigenvalue weighted by Crippen LogP contribution is 2.30. The summed E-state index contributed by atoms with van der Waals surface area (Å²) >= 11 is 0. The van der Waals surface area contributed by atoms with Crippen LogP contribution in [0.15, 0.2) is 41.5 Å². The highest BCUT2D eigenvalue weighted by atomic mass is 16.5. The normalized spacial score (nSPS) is 16.8. The minimum Gasteiger partial charge on any atom is -0.491 e. The Balaban J connectivity index is 1.89. The van der Waals surface area contributed by atoms with E-state index in [9.17, 15) is 4.79 Å². The number of amides is 1. The van der Waals surface area contributed by atoms with Crippen molar-refractivity contribution in [2.45, 2.75) is 32.2 Å². The van der Waals surface area contributed by atoms with Gasteiger partial charge < -0.3 is 9.64 Å². The number of nitrogens with one attached hydrogen (secondary N) is 1. The van der Waals surface area contributed by atoms with Crippen LogP contribution in [0, 0.1) is 0 Å². The third-order valence-corrected chi connectivity index (χ3v) is 3.70. The topological polar surface area (TPSA) is 53.9 Å². The number of para-hydroxylation sites is 1. The van der Waals surface area contributed by atoms with Crippen molar-refractivity contribution in [2.75, 3.05) is 20.2 Å². The van der Waals surface area contributed by atoms with Crippen LogP contribution < -0.4 is 10.2 Å². The summed E-state index contributed by atoms with van der Waals surface area (Å²) in [5.41, 5.74) is 3.98. The Labute approximate surface area is 138 Å². The van der Waals surface area contributed by atoms with Gasteiger partial charge in [-0.3, -0.25) is 10.2 Å². The third kappa shape index (κ3) is 4.58.